The molecule has 0 bridgehead atoms. The predicted molar refractivity (Wildman–Crippen MR) is 69.2 cm³/mol. The van der Waals surface area contributed by atoms with Crippen molar-refractivity contribution in [2.24, 2.45) is 10.9 Å². The van der Waals surface area contributed by atoms with Crippen molar-refractivity contribution in [3.63, 3.8) is 0 Å². The minimum atomic E-state index is -3.61. The summed E-state index contributed by atoms with van der Waals surface area (Å²) in [5.74, 6) is 0. The van der Waals surface area contributed by atoms with Crippen LogP contribution in [0, 0.1) is 0 Å². The SMILES string of the molecule is CC(N)CC(C)Nc1ccc(S(N)(=O)=O)cc1. The van der Waals surface area contributed by atoms with E-state index in [0.717, 1.165) is 12.1 Å². The van der Waals surface area contributed by atoms with Crippen LogP contribution in [0.5, 0.6) is 0 Å². The van der Waals surface area contributed by atoms with Gasteiger partial charge in [-0.25, -0.2) is 13.6 Å². The van der Waals surface area contributed by atoms with Crippen LogP contribution in [-0.4, -0.2) is 20.5 Å². The number of hydrogen-bond acceptors (Lipinski definition) is 4. The number of nitrogens with two attached hydrogens (primary N) is 2. The molecule has 1 rings (SSSR count). The van der Waals surface area contributed by atoms with Gasteiger partial charge in [-0.3, -0.25) is 0 Å². The van der Waals surface area contributed by atoms with Crippen LogP contribution in [0.2, 0.25) is 0 Å². The van der Waals surface area contributed by atoms with Gasteiger partial charge < -0.3 is 11.1 Å². The zero-order chi connectivity index (χ0) is 13.1. The summed E-state index contributed by atoms with van der Waals surface area (Å²) in [7, 11) is -3.61. The summed E-state index contributed by atoms with van der Waals surface area (Å²) < 4.78 is 22.1. The summed E-state index contributed by atoms with van der Waals surface area (Å²) in [4.78, 5) is 0.114. The summed E-state index contributed by atoms with van der Waals surface area (Å²) in [5.41, 5.74) is 6.54. The molecule has 1 aromatic rings. The van der Waals surface area contributed by atoms with Crippen LogP contribution in [0.4, 0.5) is 5.69 Å². The molecule has 0 amide bonds. The average Bonchev–Trinajstić information content (AvgIpc) is 2.15. The Balaban J connectivity index is 2.69. The Labute approximate surface area is 102 Å². The maximum atomic E-state index is 11.1. The molecular formula is C11H19N3O2S. The second kappa shape index (κ2) is 5.48. The van der Waals surface area contributed by atoms with E-state index in [2.05, 4.69) is 5.32 Å². The number of hydrogen-bond donors (Lipinski definition) is 3. The van der Waals surface area contributed by atoms with Crippen molar-refractivity contribution in [1.29, 1.82) is 0 Å². The van der Waals surface area contributed by atoms with Gasteiger partial charge in [0, 0.05) is 17.8 Å². The van der Waals surface area contributed by atoms with Gasteiger partial charge in [-0.2, -0.15) is 0 Å². The zero-order valence-electron chi connectivity index (χ0n) is 10.1. The molecule has 0 saturated heterocycles. The third-order valence-corrected chi connectivity index (χ3v) is 3.25. The first kappa shape index (κ1) is 14.0. The van der Waals surface area contributed by atoms with Crippen molar-refractivity contribution in [2.45, 2.75) is 37.2 Å². The summed E-state index contributed by atoms with van der Waals surface area (Å²) >= 11 is 0. The van der Waals surface area contributed by atoms with Gasteiger partial charge >= 0.3 is 0 Å². The summed E-state index contributed by atoms with van der Waals surface area (Å²) in [6.07, 6.45) is 0.844. The second-order valence-corrected chi connectivity index (χ2v) is 5.89. The van der Waals surface area contributed by atoms with E-state index in [1.165, 1.54) is 12.1 Å². The molecule has 0 aliphatic heterocycles. The monoisotopic (exact) mass is 257 g/mol. The van der Waals surface area contributed by atoms with Gasteiger partial charge in [0.2, 0.25) is 10.0 Å². The first-order valence-electron chi connectivity index (χ1n) is 5.44. The Morgan fingerprint density at radius 3 is 2.18 bits per heavy atom. The third kappa shape index (κ3) is 4.72. The van der Waals surface area contributed by atoms with Crippen molar-refractivity contribution < 1.29 is 8.42 Å². The van der Waals surface area contributed by atoms with Gasteiger partial charge in [-0.05, 0) is 44.5 Å². The van der Waals surface area contributed by atoms with Gasteiger partial charge in [0.15, 0.2) is 0 Å². The minimum absolute atomic E-state index is 0.114. The molecule has 17 heavy (non-hydrogen) atoms. The van der Waals surface area contributed by atoms with Crippen molar-refractivity contribution >= 4 is 15.7 Å². The number of nitrogens with one attached hydrogen (secondary N) is 1. The zero-order valence-corrected chi connectivity index (χ0v) is 10.9. The quantitative estimate of drug-likeness (QED) is 0.729. The second-order valence-electron chi connectivity index (χ2n) is 4.33. The van der Waals surface area contributed by atoms with E-state index < -0.39 is 10.0 Å². The van der Waals surface area contributed by atoms with Crippen LogP contribution in [0.15, 0.2) is 29.2 Å². The molecule has 2 atom stereocenters. The van der Waals surface area contributed by atoms with E-state index in [-0.39, 0.29) is 17.0 Å². The van der Waals surface area contributed by atoms with Gasteiger partial charge in [0.1, 0.15) is 0 Å². The minimum Gasteiger partial charge on any atom is -0.383 e. The maximum Gasteiger partial charge on any atom is 0.238 e. The molecule has 0 aliphatic rings. The number of sulfonamides is 1. The van der Waals surface area contributed by atoms with E-state index in [9.17, 15) is 8.42 Å². The molecule has 1 aromatic carbocycles. The molecule has 2 unspecified atom stereocenters. The Morgan fingerprint density at radius 2 is 1.76 bits per heavy atom. The van der Waals surface area contributed by atoms with Crippen LogP contribution in [0.25, 0.3) is 0 Å². The highest BCUT2D eigenvalue weighted by Gasteiger charge is 2.08. The standard InChI is InChI=1S/C11H19N3O2S/c1-8(12)7-9(2)14-10-3-5-11(6-4-10)17(13,15)16/h3-6,8-9,14H,7,12H2,1-2H3,(H2,13,15,16). The fourth-order valence-electron chi connectivity index (χ4n) is 1.64. The van der Waals surface area contributed by atoms with Gasteiger partial charge in [-0.15, -0.1) is 0 Å². The van der Waals surface area contributed by atoms with Crippen LogP contribution in [0.3, 0.4) is 0 Å². The average molecular weight is 257 g/mol. The van der Waals surface area contributed by atoms with Crippen LogP contribution in [-0.2, 0) is 10.0 Å². The van der Waals surface area contributed by atoms with Crippen LogP contribution in [0.1, 0.15) is 20.3 Å². The number of benzene rings is 1. The third-order valence-electron chi connectivity index (χ3n) is 2.32. The molecular weight excluding hydrogens is 238 g/mol. The molecule has 6 heteroatoms. The van der Waals surface area contributed by atoms with Crippen molar-refractivity contribution in [2.75, 3.05) is 5.32 Å². The lowest BCUT2D eigenvalue weighted by Gasteiger charge is -2.17. The fraction of sp³-hybridized carbons (Fsp3) is 0.455. The first-order chi connectivity index (χ1) is 7.79. The van der Waals surface area contributed by atoms with E-state index in [1.807, 2.05) is 13.8 Å². The molecule has 0 aromatic heterocycles. The largest absolute Gasteiger partial charge is 0.383 e. The Kier molecular flexibility index (Phi) is 4.50. The fourth-order valence-corrected chi connectivity index (χ4v) is 2.16. The summed E-state index contributed by atoms with van der Waals surface area (Å²) in [5, 5.41) is 8.25. The lowest BCUT2D eigenvalue weighted by atomic mass is 10.1. The highest BCUT2D eigenvalue weighted by atomic mass is 32.2. The van der Waals surface area contributed by atoms with E-state index in [1.54, 1.807) is 12.1 Å². The summed E-state index contributed by atoms with van der Waals surface area (Å²) in [6, 6.07) is 6.71. The molecule has 0 radical (unpaired) electrons. The van der Waals surface area contributed by atoms with E-state index >= 15 is 0 Å². The van der Waals surface area contributed by atoms with E-state index in [4.69, 9.17) is 10.9 Å². The summed E-state index contributed by atoms with van der Waals surface area (Å²) in [6.45, 7) is 3.97. The Bertz CT molecular complexity index is 454. The molecule has 96 valence electrons. The normalized spacial score (nSPS) is 15.3. The molecule has 0 aliphatic carbocycles. The van der Waals surface area contributed by atoms with Crippen molar-refractivity contribution in [1.82, 2.24) is 0 Å². The van der Waals surface area contributed by atoms with Crippen LogP contribution < -0.4 is 16.2 Å². The molecule has 0 fully saturated rings. The van der Waals surface area contributed by atoms with Crippen molar-refractivity contribution in [3.8, 4) is 0 Å². The lowest BCUT2D eigenvalue weighted by molar-refractivity contribution is 0.598. The molecule has 0 spiro atoms. The van der Waals surface area contributed by atoms with E-state index in [0.29, 0.717) is 0 Å². The molecule has 0 saturated carbocycles. The van der Waals surface area contributed by atoms with Gasteiger partial charge in [0.05, 0.1) is 4.90 Å². The number of anilines is 1. The molecule has 5 nitrogen and oxygen atoms in total. The Hall–Kier alpha value is -1.11. The highest BCUT2D eigenvalue weighted by Crippen LogP contribution is 2.14. The van der Waals surface area contributed by atoms with Crippen molar-refractivity contribution in [3.05, 3.63) is 24.3 Å². The topological polar surface area (TPSA) is 98.2 Å². The Morgan fingerprint density at radius 1 is 1.24 bits per heavy atom. The maximum absolute atomic E-state index is 11.1. The number of rotatable bonds is 5. The van der Waals surface area contributed by atoms with Gasteiger partial charge in [-0.1, -0.05) is 0 Å². The van der Waals surface area contributed by atoms with Gasteiger partial charge in [0.25, 0.3) is 0 Å². The molecule has 0 heterocycles. The molecule has 5 N–H and O–H groups in total. The number of primary sulfonamides is 1. The lowest BCUT2D eigenvalue weighted by Crippen LogP contribution is -2.26. The first-order valence-corrected chi connectivity index (χ1v) is 6.98. The smallest absolute Gasteiger partial charge is 0.238 e. The van der Waals surface area contributed by atoms with Crippen LogP contribution >= 0.6 is 0 Å². The predicted octanol–water partition coefficient (Wildman–Crippen LogP) is 0.872. The highest BCUT2D eigenvalue weighted by molar-refractivity contribution is 7.89.